The van der Waals surface area contributed by atoms with E-state index in [1.54, 1.807) is 0 Å². The molecule has 1 aromatic rings. The van der Waals surface area contributed by atoms with Crippen molar-refractivity contribution in [3.05, 3.63) is 23.2 Å². The third kappa shape index (κ3) is 4.53. The van der Waals surface area contributed by atoms with E-state index in [4.69, 9.17) is 16.7 Å². The molecule has 3 N–H and O–H groups in total. The Labute approximate surface area is 107 Å². The molecule has 0 amide bonds. The van der Waals surface area contributed by atoms with Crippen LogP contribution in [-0.4, -0.2) is 15.0 Å². The van der Waals surface area contributed by atoms with E-state index >= 15 is 0 Å². The number of sulfonamides is 1. The molecule has 96 valence electrons. The van der Waals surface area contributed by atoms with Crippen LogP contribution in [0.1, 0.15) is 26.2 Å². The van der Waals surface area contributed by atoms with Crippen LogP contribution >= 0.6 is 11.6 Å². The second-order valence-electron chi connectivity index (χ2n) is 3.82. The van der Waals surface area contributed by atoms with Gasteiger partial charge in [-0.05, 0) is 24.6 Å². The molecule has 0 atom stereocenters. The van der Waals surface area contributed by atoms with Gasteiger partial charge in [-0.2, -0.15) is 0 Å². The van der Waals surface area contributed by atoms with E-state index in [9.17, 15) is 8.42 Å². The minimum Gasteiger partial charge on any atom is -0.384 e. The molecule has 0 aliphatic carbocycles. The van der Waals surface area contributed by atoms with Crippen LogP contribution < -0.4 is 10.5 Å². The van der Waals surface area contributed by atoms with E-state index in [1.807, 2.05) is 0 Å². The Balaban J connectivity index is 2.77. The number of rotatable bonds is 6. The average molecular weight is 277 g/mol. The first-order valence-electron chi connectivity index (χ1n) is 5.51. The topological polar surface area (TPSA) is 72.2 Å². The summed E-state index contributed by atoms with van der Waals surface area (Å²) in [5.41, 5.74) is 0.606. The molecule has 0 fully saturated rings. The summed E-state index contributed by atoms with van der Waals surface area (Å²) in [4.78, 5) is 0.0693. The van der Waals surface area contributed by atoms with Crippen molar-refractivity contribution in [2.24, 2.45) is 5.14 Å². The van der Waals surface area contributed by atoms with Crippen LogP contribution in [0.25, 0.3) is 0 Å². The molecule has 0 unspecified atom stereocenters. The van der Waals surface area contributed by atoms with Gasteiger partial charge in [0.2, 0.25) is 10.0 Å². The van der Waals surface area contributed by atoms with Crippen molar-refractivity contribution in [2.45, 2.75) is 31.1 Å². The molecule has 4 nitrogen and oxygen atoms in total. The highest BCUT2D eigenvalue weighted by Crippen LogP contribution is 2.24. The minimum atomic E-state index is -3.68. The smallest absolute Gasteiger partial charge is 0.238 e. The van der Waals surface area contributed by atoms with Crippen molar-refractivity contribution in [1.82, 2.24) is 0 Å². The molecule has 0 saturated heterocycles. The molecule has 0 saturated carbocycles. The number of anilines is 1. The molecular weight excluding hydrogens is 260 g/mol. The summed E-state index contributed by atoms with van der Waals surface area (Å²) >= 11 is 5.96. The predicted molar refractivity (Wildman–Crippen MR) is 70.8 cm³/mol. The van der Waals surface area contributed by atoms with E-state index in [0.717, 1.165) is 25.8 Å². The second-order valence-corrected chi connectivity index (χ2v) is 5.79. The standard InChI is InChI=1S/C11H17ClN2O2S/c1-2-3-4-7-14-11-8-9(17(13,15)16)5-6-10(11)12/h5-6,8,14H,2-4,7H2,1H3,(H2,13,15,16). The fourth-order valence-electron chi connectivity index (χ4n) is 1.41. The van der Waals surface area contributed by atoms with Crippen molar-refractivity contribution < 1.29 is 8.42 Å². The zero-order chi connectivity index (χ0) is 12.9. The lowest BCUT2D eigenvalue weighted by Gasteiger charge is -2.09. The number of hydrogen-bond donors (Lipinski definition) is 2. The van der Waals surface area contributed by atoms with E-state index in [0.29, 0.717) is 10.7 Å². The Morgan fingerprint density at radius 2 is 2.06 bits per heavy atom. The number of primary sulfonamides is 1. The highest BCUT2D eigenvalue weighted by Gasteiger charge is 2.10. The van der Waals surface area contributed by atoms with E-state index in [-0.39, 0.29) is 4.90 Å². The first-order valence-corrected chi connectivity index (χ1v) is 7.44. The molecular formula is C11H17ClN2O2S. The Bertz CT molecular complexity index is 474. The summed E-state index contributed by atoms with van der Waals surface area (Å²) in [5.74, 6) is 0. The van der Waals surface area contributed by atoms with Crippen LogP contribution in [-0.2, 0) is 10.0 Å². The summed E-state index contributed by atoms with van der Waals surface area (Å²) in [6, 6.07) is 4.39. The molecule has 0 bridgehead atoms. The first kappa shape index (κ1) is 14.3. The van der Waals surface area contributed by atoms with Crippen molar-refractivity contribution in [2.75, 3.05) is 11.9 Å². The van der Waals surface area contributed by atoms with Crippen LogP contribution in [0.4, 0.5) is 5.69 Å². The Morgan fingerprint density at radius 1 is 1.35 bits per heavy atom. The van der Waals surface area contributed by atoms with Crippen LogP contribution in [0.3, 0.4) is 0 Å². The van der Waals surface area contributed by atoms with Gasteiger partial charge in [-0.15, -0.1) is 0 Å². The van der Waals surface area contributed by atoms with Crippen LogP contribution in [0.15, 0.2) is 23.1 Å². The normalized spacial score (nSPS) is 11.5. The third-order valence-electron chi connectivity index (χ3n) is 2.36. The van der Waals surface area contributed by atoms with E-state index < -0.39 is 10.0 Å². The maximum atomic E-state index is 11.2. The van der Waals surface area contributed by atoms with Crippen molar-refractivity contribution >= 4 is 27.3 Å². The highest BCUT2D eigenvalue weighted by atomic mass is 35.5. The van der Waals surface area contributed by atoms with Gasteiger partial charge >= 0.3 is 0 Å². The Hall–Kier alpha value is -0.780. The van der Waals surface area contributed by atoms with Crippen molar-refractivity contribution in [3.63, 3.8) is 0 Å². The summed E-state index contributed by atoms with van der Waals surface area (Å²) in [6.45, 7) is 2.89. The number of benzene rings is 1. The van der Waals surface area contributed by atoms with Gasteiger partial charge in [-0.25, -0.2) is 13.6 Å². The molecule has 17 heavy (non-hydrogen) atoms. The second kappa shape index (κ2) is 6.23. The SMILES string of the molecule is CCCCCNc1cc(S(N)(=O)=O)ccc1Cl. The summed E-state index contributed by atoms with van der Waals surface area (Å²) in [5, 5.41) is 8.66. The van der Waals surface area contributed by atoms with Gasteiger partial charge in [0.05, 0.1) is 15.6 Å². The highest BCUT2D eigenvalue weighted by molar-refractivity contribution is 7.89. The summed E-state index contributed by atoms with van der Waals surface area (Å²) in [6.07, 6.45) is 3.28. The van der Waals surface area contributed by atoms with Gasteiger partial charge in [0, 0.05) is 6.54 Å². The van der Waals surface area contributed by atoms with E-state index in [1.165, 1.54) is 18.2 Å². The first-order chi connectivity index (χ1) is 7.95. The number of nitrogens with one attached hydrogen (secondary N) is 1. The summed E-state index contributed by atoms with van der Waals surface area (Å²) < 4.78 is 22.4. The van der Waals surface area contributed by atoms with Crippen LogP contribution in [0.5, 0.6) is 0 Å². The lowest BCUT2D eigenvalue weighted by molar-refractivity contribution is 0.598. The van der Waals surface area contributed by atoms with Gasteiger partial charge in [0.1, 0.15) is 0 Å². The fraction of sp³-hybridized carbons (Fsp3) is 0.455. The molecule has 1 aromatic carbocycles. The Morgan fingerprint density at radius 3 is 2.65 bits per heavy atom. The fourth-order valence-corrected chi connectivity index (χ4v) is 2.14. The lowest BCUT2D eigenvalue weighted by Crippen LogP contribution is -2.12. The molecule has 0 aromatic heterocycles. The number of halogens is 1. The van der Waals surface area contributed by atoms with Crippen LogP contribution in [0.2, 0.25) is 5.02 Å². The van der Waals surface area contributed by atoms with Gasteiger partial charge < -0.3 is 5.32 Å². The van der Waals surface area contributed by atoms with Crippen LogP contribution in [0, 0.1) is 0 Å². The molecule has 0 aliphatic heterocycles. The zero-order valence-electron chi connectivity index (χ0n) is 9.74. The molecule has 1 rings (SSSR count). The van der Waals surface area contributed by atoms with Crippen molar-refractivity contribution in [1.29, 1.82) is 0 Å². The molecule has 0 heterocycles. The van der Waals surface area contributed by atoms with E-state index in [2.05, 4.69) is 12.2 Å². The minimum absolute atomic E-state index is 0.0693. The van der Waals surface area contributed by atoms with Gasteiger partial charge in [0.25, 0.3) is 0 Å². The molecule has 0 radical (unpaired) electrons. The largest absolute Gasteiger partial charge is 0.384 e. The number of hydrogen-bond acceptors (Lipinski definition) is 3. The molecule has 0 spiro atoms. The third-order valence-corrected chi connectivity index (χ3v) is 3.60. The maximum absolute atomic E-state index is 11.2. The zero-order valence-corrected chi connectivity index (χ0v) is 11.3. The predicted octanol–water partition coefficient (Wildman–Crippen LogP) is 2.59. The monoisotopic (exact) mass is 276 g/mol. The Kier molecular flexibility index (Phi) is 5.24. The maximum Gasteiger partial charge on any atom is 0.238 e. The number of nitrogens with two attached hydrogens (primary N) is 1. The average Bonchev–Trinajstić information content (AvgIpc) is 2.25. The summed E-state index contributed by atoms with van der Waals surface area (Å²) in [7, 11) is -3.68. The quantitative estimate of drug-likeness (QED) is 0.785. The lowest BCUT2D eigenvalue weighted by atomic mass is 10.2. The van der Waals surface area contributed by atoms with Gasteiger partial charge in [-0.1, -0.05) is 31.4 Å². The van der Waals surface area contributed by atoms with Gasteiger partial charge in [0.15, 0.2) is 0 Å². The van der Waals surface area contributed by atoms with Crippen molar-refractivity contribution in [3.8, 4) is 0 Å². The number of unbranched alkanes of at least 4 members (excludes halogenated alkanes) is 2. The van der Waals surface area contributed by atoms with Gasteiger partial charge in [-0.3, -0.25) is 0 Å². The molecule has 6 heteroatoms. The molecule has 0 aliphatic rings.